The van der Waals surface area contributed by atoms with Crippen LogP contribution >= 0.6 is 0 Å². The van der Waals surface area contributed by atoms with Crippen LogP contribution in [0.4, 0.5) is 22.0 Å². The summed E-state index contributed by atoms with van der Waals surface area (Å²) in [6.45, 7) is 3.44. The Morgan fingerprint density at radius 3 is 2.39 bits per heavy atom. The van der Waals surface area contributed by atoms with Gasteiger partial charge in [0.05, 0.1) is 5.69 Å². The average Bonchev–Trinajstić information content (AvgIpc) is 3.18. The predicted octanol–water partition coefficient (Wildman–Crippen LogP) is 5.86. The van der Waals surface area contributed by atoms with Gasteiger partial charge in [-0.25, -0.2) is 0 Å². The molecule has 0 unspecified atom stereocenters. The number of carbonyl (C=O) groups excluding carboxylic acids is 1. The first-order chi connectivity index (χ1) is 17.9. The van der Waals surface area contributed by atoms with Crippen molar-refractivity contribution in [2.24, 2.45) is 11.8 Å². The molecule has 3 rings (SSSR count). The van der Waals surface area contributed by atoms with Crippen LogP contribution in [0.3, 0.4) is 0 Å². The third kappa shape index (κ3) is 9.17. The van der Waals surface area contributed by atoms with Crippen LogP contribution in [0.2, 0.25) is 0 Å². The van der Waals surface area contributed by atoms with Crippen LogP contribution in [0.5, 0.6) is 5.75 Å². The Morgan fingerprint density at radius 1 is 1.21 bits per heavy atom. The zero-order valence-electron chi connectivity index (χ0n) is 21.4. The van der Waals surface area contributed by atoms with Crippen LogP contribution in [0, 0.1) is 18.8 Å². The van der Waals surface area contributed by atoms with Crippen molar-refractivity contribution in [1.29, 1.82) is 0 Å². The van der Waals surface area contributed by atoms with Crippen molar-refractivity contribution in [2.75, 3.05) is 6.54 Å². The Labute approximate surface area is 221 Å². The lowest BCUT2D eigenvalue weighted by Crippen LogP contribution is -2.31. The number of rotatable bonds is 9. The number of hydrogen-bond acceptors (Lipinski definition) is 5. The molecule has 1 aliphatic rings. The van der Waals surface area contributed by atoms with Crippen molar-refractivity contribution in [1.82, 2.24) is 15.1 Å². The highest BCUT2D eigenvalue weighted by molar-refractivity contribution is 7.51. The number of hydrogen-bond donors (Lipinski definition) is 1. The number of carbonyl (C=O) groups is 1. The Balaban J connectivity index is 0.00000161. The Kier molecular flexibility index (Phi) is 11.9. The minimum atomic E-state index is -4.36. The Bertz CT molecular complexity index is 1110. The van der Waals surface area contributed by atoms with Crippen LogP contribution in [0.1, 0.15) is 67.6 Å². The standard InChI is InChI=1S/C25H32F5N3O2.O2S/c1-4-33-22(16(3)21(32-33)23(34)31-14-18-7-5-15(2)6-8-18)19-10-9-17(11-12-25(28,29)30)13-20(19)35-24(26)27;1-3-2/h9-10,13,15,18,24H,4-8,11-12,14H2,1-3H3,(H,31,34);. The van der Waals surface area contributed by atoms with Gasteiger partial charge in [-0.05, 0) is 62.6 Å². The monoisotopic (exact) mass is 565 g/mol. The first kappa shape index (κ1) is 31.4. The summed E-state index contributed by atoms with van der Waals surface area (Å²) in [6, 6.07) is 4.10. The Hall–Kier alpha value is -2.83. The van der Waals surface area contributed by atoms with Crippen molar-refractivity contribution < 1.29 is 39.9 Å². The molecule has 1 saturated carbocycles. The van der Waals surface area contributed by atoms with Gasteiger partial charge < -0.3 is 10.1 Å². The van der Waals surface area contributed by atoms with Gasteiger partial charge in [0, 0.05) is 30.6 Å². The molecule has 212 valence electrons. The molecule has 0 aliphatic heterocycles. The number of nitrogens with zero attached hydrogens (tertiary/aromatic N) is 2. The van der Waals surface area contributed by atoms with Crippen LogP contribution in [-0.2, 0) is 24.5 Å². The third-order valence-corrected chi connectivity index (χ3v) is 6.60. The molecule has 1 N–H and O–H groups in total. The van der Waals surface area contributed by atoms with Gasteiger partial charge in [-0.3, -0.25) is 9.48 Å². The maximum atomic E-state index is 13.2. The van der Waals surface area contributed by atoms with E-state index in [1.54, 1.807) is 13.8 Å². The van der Waals surface area contributed by atoms with E-state index in [4.69, 9.17) is 8.42 Å². The lowest BCUT2D eigenvalue weighted by molar-refractivity contribution is -0.134. The van der Waals surface area contributed by atoms with Crippen molar-refractivity contribution in [3.8, 4) is 17.0 Å². The molecule has 0 atom stereocenters. The smallest absolute Gasteiger partial charge is 0.389 e. The second-order valence-electron chi connectivity index (χ2n) is 9.37. The molecular weight excluding hydrogens is 533 g/mol. The first-order valence-electron chi connectivity index (χ1n) is 12.3. The molecule has 1 amide bonds. The molecule has 1 fully saturated rings. The van der Waals surface area contributed by atoms with Crippen molar-refractivity contribution in [2.45, 2.75) is 78.6 Å². The second kappa shape index (κ2) is 14.4. The zero-order valence-corrected chi connectivity index (χ0v) is 22.3. The molecule has 1 heterocycles. The van der Waals surface area contributed by atoms with Gasteiger partial charge >= 0.3 is 24.4 Å². The maximum absolute atomic E-state index is 13.2. The van der Waals surface area contributed by atoms with Gasteiger partial charge in [-0.15, -0.1) is 0 Å². The topological polar surface area (TPSA) is 90.3 Å². The summed E-state index contributed by atoms with van der Waals surface area (Å²) in [4.78, 5) is 12.9. The van der Waals surface area contributed by atoms with Gasteiger partial charge in [-0.1, -0.05) is 25.8 Å². The zero-order chi connectivity index (χ0) is 28.5. The average molecular weight is 566 g/mol. The van der Waals surface area contributed by atoms with E-state index < -0.39 is 30.8 Å². The predicted molar refractivity (Wildman–Crippen MR) is 131 cm³/mol. The lowest BCUT2D eigenvalue weighted by Gasteiger charge is -2.26. The quantitative estimate of drug-likeness (QED) is 0.385. The fraction of sp³-hybridized carbons (Fsp3) is 0.600. The summed E-state index contributed by atoms with van der Waals surface area (Å²) in [6.07, 6.45) is -1.40. The Morgan fingerprint density at radius 2 is 1.84 bits per heavy atom. The van der Waals surface area contributed by atoms with Gasteiger partial charge in [0.25, 0.3) is 5.91 Å². The summed E-state index contributed by atoms with van der Waals surface area (Å²) in [7, 11) is 0. The lowest BCUT2D eigenvalue weighted by atomic mass is 9.83. The summed E-state index contributed by atoms with van der Waals surface area (Å²) in [5.74, 6) is 0.531. The minimum Gasteiger partial charge on any atom is -0.434 e. The second-order valence-corrected chi connectivity index (χ2v) is 9.50. The number of amides is 1. The van der Waals surface area contributed by atoms with E-state index in [1.165, 1.54) is 22.9 Å². The molecule has 1 aromatic carbocycles. The fourth-order valence-electron chi connectivity index (χ4n) is 4.59. The van der Waals surface area contributed by atoms with E-state index in [0.717, 1.165) is 25.7 Å². The van der Waals surface area contributed by atoms with Crippen molar-refractivity contribution >= 4 is 17.5 Å². The molecular formula is C25H32F5N3O4S. The van der Waals surface area contributed by atoms with E-state index in [9.17, 15) is 26.7 Å². The van der Waals surface area contributed by atoms with E-state index in [1.807, 2.05) is 0 Å². The molecule has 0 radical (unpaired) electrons. The summed E-state index contributed by atoms with van der Waals surface area (Å²) < 4.78 is 87.0. The minimum absolute atomic E-state index is 0.190. The molecule has 13 heteroatoms. The van der Waals surface area contributed by atoms with Crippen LogP contribution in [0.25, 0.3) is 11.3 Å². The van der Waals surface area contributed by atoms with Gasteiger partial charge in [0.1, 0.15) is 5.75 Å². The third-order valence-electron chi connectivity index (χ3n) is 6.60. The molecule has 0 saturated heterocycles. The number of alkyl halides is 5. The van der Waals surface area contributed by atoms with Gasteiger partial charge in [0.2, 0.25) is 0 Å². The SMILES string of the molecule is CCn1nc(C(=O)NCC2CCC(C)CC2)c(C)c1-c1ccc(CCC(F)(F)F)cc1OC(F)F.O=S=O. The van der Waals surface area contributed by atoms with Crippen LogP contribution in [0.15, 0.2) is 18.2 Å². The molecule has 1 aromatic heterocycles. The highest BCUT2D eigenvalue weighted by atomic mass is 32.1. The summed E-state index contributed by atoms with van der Waals surface area (Å²) in [5.41, 5.74) is 1.57. The number of aryl methyl sites for hydroxylation is 2. The summed E-state index contributed by atoms with van der Waals surface area (Å²) in [5, 5.41) is 7.36. The van der Waals surface area contributed by atoms with Crippen LogP contribution in [-0.4, -0.2) is 43.4 Å². The number of nitrogens with one attached hydrogen (secondary N) is 1. The van der Waals surface area contributed by atoms with Crippen molar-refractivity contribution in [3.63, 3.8) is 0 Å². The van der Waals surface area contributed by atoms with E-state index in [2.05, 4.69) is 22.1 Å². The molecule has 2 aromatic rings. The summed E-state index contributed by atoms with van der Waals surface area (Å²) >= 11 is -0.750. The number of aromatic nitrogens is 2. The number of ether oxygens (including phenoxy) is 1. The fourth-order valence-corrected chi connectivity index (χ4v) is 4.59. The molecule has 38 heavy (non-hydrogen) atoms. The number of benzene rings is 1. The number of halogens is 5. The van der Waals surface area contributed by atoms with E-state index in [0.29, 0.717) is 36.2 Å². The first-order valence-corrected chi connectivity index (χ1v) is 13.0. The highest BCUT2D eigenvalue weighted by Crippen LogP contribution is 2.36. The van der Waals surface area contributed by atoms with Gasteiger partial charge in [0.15, 0.2) is 5.69 Å². The van der Waals surface area contributed by atoms with E-state index >= 15 is 0 Å². The van der Waals surface area contributed by atoms with Crippen molar-refractivity contribution in [3.05, 3.63) is 35.0 Å². The molecule has 0 bridgehead atoms. The largest absolute Gasteiger partial charge is 0.434 e. The highest BCUT2D eigenvalue weighted by Gasteiger charge is 2.28. The molecule has 1 aliphatic carbocycles. The van der Waals surface area contributed by atoms with E-state index in [-0.39, 0.29) is 34.9 Å². The van der Waals surface area contributed by atoms with Gasteiger partial charge in [-0.2, -0.15) is 35.5 Å². The molecule has 0 spiro atoms. The maximum Gasteiger partial charge on any atom is 0.389 e. The van der Waals surface area contributed by atoms with Crippen LogP contribution < -0.4 is 10.1 Å². The molecule has 7 nitrogen and oxygen atoms in total. The normalized spacial score (nSPS) is 17.5.